The van der Waals surface area contributed by atoms with Crippen molar-refractivity contribution < 1.29 is 13.2 Å². The third-order valence-corrected chi connectivity index (χ3v) is 8.64. The fourth-order valence-electron chi connectivity index (χ4n) is 4.37. The first-order valence-electron chi connectivity index (χ1n) is 11.7. The van der Waals surface area contributed by atoms with E-state index in [1.54, 1.807) is 4.90 Å². The lowest BCUT2D eigenvalue weighted by molar-refractivity contribution is -0.131. The molecule has 3 aromatic rings. The second-order valence-corrected chi connectivity index (χ2v) is 11.8. The summed E-state index contributed by atoms with van der Waals surface area (Å²) in [5, 5.41) is 1.12. The molecule has 0 radical (unpaired) electrons. The zero-order valence-electron chi connectivity index (χ0n) is 20.3. The van der Waals surface area contributed by atoms with Crippen molar-refractivity contribution in [3.8, 4) is 0 Å². The molecule has 0 saturated carbocycles. The van der Waals surface area contributed by atoms with Crippen LogP contribution in [0.4, 0.5) is 5.69 Å². The van der Waals surface area contributed by atoms with Gasteiger partial charge in [-0.05, 0) is 61.4 Å². The second kappa shape index (κ2) is 11.2. The van der Waals surface area contributed by atoms with E-state index in [0.717, 1.165) is 22.4 Å². The highest BCUT2D eigenvalue weighted by atomic mass is 35.5. The van der Waals surface area contributed by atoms with Gasteiger partial charge in [0.05, 0.1) is 11.4 Å². The molecule has 1 aliphatic heterocycles. The normalized spacial score (nSPS) is 14.4. The molecule has 36 heavy (non-hydrogen) atoms. The van der Waals surface area contributed by atoms with Crippen molar-refractivity contribution in [3.05, 3.63) is 93.5 Å². The Bertz CT molecular complexity index is 1340. The van der Waals surface area contributed by atoms with Gasteiger partial charge in [0.2, 0.25) is 15.9 Å². The van der Waals surface area contributed by atoms with Crippen LogP contribution in [0.3, 0.4) is 0 Å². The third kappa shape index (κ3) is 6.21. The lowest BCUT2D eigenvalue weighted by Crippen LogP contribution is -2.51. The van der Waals surface area contributed by atoms with Gasteiger partial charge < -0.3 is 9.80 Å². The highest BCUT2D eigenvalue weighted by Gasteiger charge is 2.30. The molecule has 9 heteroatoms. The maximum atomic E-state index is 13.5. The Kier molecular flexibility index (Phi) is 8.25. The maximum Gasteiger partial charge on any atom is 0.243 e. The molecule has 0 spiro atoms. The van der Waals surface area contributed by atoms with Crippen molar-refractivity contribution in [2.75, 3.05) is 37.6 Å². The Hall–Kier alpha value is -2.58. The predicted molar refractivity (Wildman–Crippen MR) is 145 cm³/mol. The number of amides is 1. The summed E-state index contributed by atoms with van der Waals surface area (Å²) in [6.45, 7) is 6.15. The number of hydrogen-bond acceptors (Lipinski definition) is 4. The molecule has 0 atom stereocenters. The summed E-state index contributed by atoms with van der Waals surface area (Å²) in [6.07, 6.45) is 0. The van der Waals surface area contributed by atoms with Crippen LogP contribution in [0.1, 0.15) is 16.7 Å². The van der Waals surface area contributed by atoms with Crippen LogP contribution in [0.15, 0.2) is 71.6 Å². The summed E-state index contributed by atoms with van der Waals surface area (Å²) in [5.74, 6) is -0.220. The van der Waals surface area contributed by atoms with Gasteiger partial charge in [-0.25, -0.2) is 8.42 Å². The molecule has 0 aromatic heterocycles. The van der Waals surface area contributed by atoms with Gasteiger partial charge in [-0.3, -0.25) is 4.79 Å². The lowest BCUT2D eigenvalue weighted by atomic mass is 10.1. The van der Waals surface area contributed by atoms with Crippen LogP contribution in [-0.2, 0) is 21.4 Å². The van der Waals surface area contributed by atoms with Gasteiger partial charge in [-0.1, -0.05) is 59.1 Å². The minimum absolute atomic E-state index is 0.0973. The Morgan fingerprint density at radius 2 is 1.56 bits per heavy atom. The van der Waals surface area contributed by atoms with E-state index in [9.17, 15) is 13.2 Å². The molecular formula is C27H29Cl2N3O3S. The molecule has 1 amide bonds. The number of anilines is 1. The summed E-state index contributed by atoms with van der Waals surface area (Å²) in [6, 6.07) is 19.4. The zero-order chi connectivity index (χ0) is 25.9. The van der Waals surface area contributed by atoms with E-state index >= 15 is 0 Å². The molecule has 1 aliphatic rings. The van der Waals surface area contributed by atoms with Crippen molar-refractivity contribution in [3.63, 3.8) is 0 Å². The number of carbonyl (C=O) groups excluding carboxylic acids is 1. The number of piperazine rings is 1. The predicted octanol–water partition coefficient (Wildman–Crippen LogP) is 5.15. The Balaban J connectivity index is 1.51. The minimum atomic E-state index is -3.92. The number of nitrogens with zero attached hydrogens (tertiary/aromatic N) is 3. The first-order chi connectivity index (χ1) is 17.1. The first-order valence-corrected chi connectivity index (χ1v) is 13.9. The number of carbonyl (C=O) groups is 1. The average Bonchev–Trinajstić information content (AvgIpc) is 2.85. The van der Waals surface area contributed by atoms with Crippen LogP contribution >= 0.6 is 23.2 Å². The molecule has 1 saturated heterocycles. The van der Waals surface area contributed by atoms with E-state index < -0.39 is 10.0 Å². The van der Waals surface area contributed by atoms with E-state index in [2.05, 4.69) is 4.90 Å². The van der Waals surface area contributed by atoms with Gasteiger partial charge in [0, 0.05) is 48.5 Å². The largest absolute Gasteiger partial charge is 0.368 e. The lowest BCUT2D eigenvalue weighted by Gasteiger charge is -2.37. The van der Waals surface area contributed by atoms with Crippen LogP contribution in [0, 0.1) is 13.8 Å². The van der Waals surface area contributed by atoms with E-state index in [-0.39, 0.29) is 23.9 Å². The van der Waals surface area contributed by atoms with E-state index in [0.29, 0.717) is 36.2 Å². The Morgan fingerprint density at radius 3 is 2.22 bits per heavy atom. The molecule has 0 bridgehead atoms. The highest BCUT2D eigenvalue weighted by Crippen LogP contribution is 2.26. The van der Waals surface area contributed by atoms with Crippen LogP contribution in [-0.4, -0.2) is 56.3 Å². The summed E-state index contributed by atoms with van der Waals surface area (Å²) in [5.41, 5.74) is 4.02. The average molecular weight is 547 g/mol. The van der Waals surface area contributed by atoms with Gasteiger partial charge in [-0.2, -0.15) is 4.31 Å². The summed E-state index contributed by atoms with van der Waals surface area (Å²) in [7, 11) is -3.92. The fraction of sp³-hybridized carbons (Fsp3) is 0.296. The number of benzene rings is 3. The van der Waals surface area contributed by atoms with Gasteiger partial charge in [0.25, 0.3) is 0 Å². The number of halogens is 2. The molecule has 190 valence electrons. The molecule has 4 rings (SSSR count). The quantitative estimate of drug-likeness (QED) is 0.412. The Morgan fingerprint density at radius 1 is 0.889 bits per heavy atom. The monoisotopic (exact) mass is 545 g/mol. The zero-order valence-corrected chi connectivity index (χ0v) is 22.7. The van der Waals surface area contributed by atoms with Gasteiger partial charge in [-0.15, -0.1) is 0 Å². The summed E-state index contributed by atoms with van der Waals surface area (Å²) >= 11 is 12.2. The summed E-state index contributed by atoms with van der Waals surface area (Å²) < 4.78 is 28.3. The molecule has 0 N–H and O–H groups in total. The van der Waals surface area contributed by atoms with Crippen molar-refractivity contribution in [1.82, 2.24) is 9.21 Å². The summed E-state index contributed by atoms with van der Waals surface area (Å²) in [4.78, 5) is 17.4. The number of rotatable bonds is 7. The van der Waals surface area contributed by atoms with Gasteiger partial charge in [0.15, 0.2) is 0 Å². The molecule has 1 heterocycles. The van der Waals surface area contributed by atoms with E-state index in [4.69, 9.17) is 23.2 Å². The van der Waals surface area contributed by atoms with Gasteiger partial charge in [0.1, 0.15) is 0 Å². The second-order valence-electron chi connectivity index (χ2n) is 9.01. The standard InChI is InChI=1S/C27H29Cl2N3O3S/c1-20-4-3-5-22(16-20)18-32(36(34,35)25-10-8-23(28)9-11-25)19-27(33)31-14-12-30(13-15-31)26-17-24(29)7-6-21(26)2/h3-11,16-17H,12-15,18-19H2,1-2H3. The van der Waals surface area contributed by atoms with E-state index in [1.807, 2.05) is 56.3 Å². The van der Waals surface area contributed by atoms with Crippen molar-refractivity contribution >= 4 is 44.8 Å². The van der Waals surface area contributed by atoms with Crippen LogP contribution in [0.5, 0.6) is 0 Å². The van der Waals surface area contributed by atoms with Crippen LogP contribution in [0.2, 0.25) is 10.0 Å². The molecule has 0 unspecified atom stereocenters. The molecule has 3 aromatic carbocycles. The number of hydrogen-bond donors (Lipinski definition) is 0. The van der Waals surface area contributed by atoms with E-state index in [1.165, 1.54) is 28.6 Å². The SMILES string of the molecule is Cc1cccc(CN(CC(=O)N2CCN(c3cc(Cl)ccc3C)CC2)S(=O)(=O)c2ccc(Cl)cc2)c1. The van der Waals surface area contributed by atoms with Gasteiger partial charge >= 0.3 is 0 Å². The minimum Gasteiger partial charge on any atom is -0.368 e. The number of sulfonamides is 1. The molecule has 1 fully saturated rings. The fourth-order valence-corrected chi connectivity index (χ4v) is 6.04. The van der Waals surface area contributed by atoms with Crippen LogP contribution in [0.25, 0.3) is 0 Å². The molecular weight excluding hydrogens is 517 g/mol. The first kappa shape index (κ1) is 26.5. The van der Waals surface area contributed by atoms with Crippen LogP contribution < -0.4 is 4.90 Å². The topological polar surface area (TPSA) is 60.9 Å². The Labute approximate surface area is 223 Å². The number of aryl methyl sites for hydroxylation is 2. The maximum absolute atomic E-state index is 13.5. The highest BCUT2D eigenvalue weighted by molar-refractivity contribution is 7.89. The van der Waals surface area contributed by atoms with Crippen molar-refractivity contribution in [2.24, 2.45) is 0 Å². The third-order valence-electron chi connectivity index (χ3n) is 6.35. The van der Waals surface area contributed by atoms with Crippen molar-refractivity contribution in [2.45, 2.75) is 25.3 Å². The molecule has 0 aliphatic carbocycles. The van der Waals surface area contributed by atoms with Crippen molar-refractivity contribution in [1.29, 1.82) is 0 Å². The smallest absolute Gasteiger partial charge is 0.243 e. The molecule has 6 nitrogen and oxygen atoms in total.